The lowest BCUT2D eigenvalue weighted by molar-refractivity contribution is -0.118. The third-order valence-corrected chi connectivity index (χ3v) is 6.59. The van der Waals surface area contributed by atoms with Crippen LogP contribution in [0.5, 0.6) is 17.2 Å². The number of rotatable bonds is 10. The van der Waals surface area contributed by atoms with E-state index in [-0.39, 0.29) is 19.3 Å². The van der Waals surface area contributed by atoms with Crippen molar-refractivity contribution in [2.45, 2.75) is 25.3 Å². The minimum absolute atomic E-state index is 0.0582. The van der Waals surface area contributed by atoms with Crippen LogP contribution in [-0.2, 0) is 11.3 Å². The van der Waals surface area contributed by atoms with Crippen molar-refractivity contribution in [1.82, 2.24) is 4.90 Å². The van der Waals surface area contributed by atoms with Gasteiger partial charge in [-0.3, -0.25) is 9.69 Å². The monoisotopic (exact) mass is 478 g/mol. The summed E-state index contributed by atoms with van der Waals surface area (Å²) in [5.74, 6) is 2.05. The minimum atomic E-state index is -0.185. The van der Waals surface area contributed by atoms with Crippen LogP contribution in [0.2, 0.25) is 0 Å². The molecule has 3 aromatic rings. The Bertz CT molecular complexity index is 1150. The van der Waals surface area contributed by atoms with Gasteiger partial charge in [0.1, 0.15) is 5.75 Å². The summed E-state index contributed by atoms with van der Waals surface area (Å²) in [6.45, 7) is 7.06. The van der Waals surface area contributed by atoms with Crippen molar-refractivity contribution in [3.8, 4) is 28.4 Å². The number of carbonyl (C=O) groups excluding carboxylic acids is 1. The van der Waals surface area contributed by atoms with Gasteiger partial charge >= 0.3 is 0 Å². The highest BCUT2D eigenvalue weighted by Gasteiger charge is 2.16. The predicted molar refractivity (Wildman–Crippen MR) is 137 cm³/mol. The first-order chi connectivity index (χ1) is 16.6. The third kappa shape index (κ3) is 5.66. The number of hydrogen-bond donors (Lipinski definition) is 1. The van der Waals surface area contributed by atoms with E-state index in [2.05, 4.69) is 30.1 Å². The van der Waals surface area contributed by atoms with Crippen molar-refractivity contribution in [3.63, 3.8) is 0 Å². The third-order valence-electron chi connectivity index (χ3n) is 5.79. The number of carbonyl (C=O) groups is 1. The maximum absolute atomic E-state index is 12.6. The highest BCUT2D eigenvalue weighted by molar-refractivity contribution is 7.98. The summed E-state index contributed by atoms with van der Waals surface area (Å²) in [5.41, 5.74) is 3.94. The van der Waals surface area contributed by atoms with Crippen molar-refractivity contribution in [2.24, 2.45) is 0 Å². The molecule has 1 aliphatic heterocycles. The number of fused-ring (bicyclic) bond motifs is 1. The first-order valence-corrected chi connectivity index (χ1v) is 12.6. The smallest absolute Gasteiger partial charge is 0.262 e. The van der Waals surface area contributed by atoms with Gasteiger partial charge in [-0.05, 0) is 66.9 Å². The molecule has 4 rings (SSSR count). The number of hydrogen-bond acceptors (Lipinski definition) is 6. The van der Waals surface area contributed by atoms with Gasteiger partial charge in [0.05, 0.1) is 5.69 Å². The number of anilines is 1. The molecule has 0 saturated carbocycles. The molecule has 0 aliphatic carbocycles. The number of para-hydroxylation sites is 1. The van der Waals surface area contributed by atoms with Crippen LogP contribution >= 0.6 is 11.8 Å². The highest BCUT2D eigenvalue weighted by atomic mass is 32.2. The molecule has 7 heteroatoms. The van der Waals surface area contributed by atoms with Crippen LogP contribution in [0, 0.1) is 0 Å². The van der Waals surface area contributed by atoms with E-state index in [0.29, 0.717) is 5.75 Å². The summed E-state index contributed by atoms with van der Waals surface area (Å²) in [5, 5.41) is 2.95. The molecule has 0 aromatic heterocycles. The van der Waals surface area contributed by atoms with E-state index < -0.39 is 0 Å². The largest absolute Gasteiger partial charge is 0.483 e. The molecule has 0 atom stereocenters. The molecule has 1 heterocycles. The highest BCUT2D eigenvalue weighted by Crippen LogP contribution is 2.37. The summed E-state index contributed by atoms with van der Waals surface area (Å²) in [6, 6.07) is 19.8. The number of nitrogens with one attached hydrogen (secondary N) is 1. The van der Waals surface area contributed by atoms with Crippen LogP contribution in [0.1, 0.15) is 19.4 Å². The number of nitrogens with zero attached hydrogens (tertiary/aromatic N) is 1. The van der Waals surface area contributed by atoms with Crippen molar-refractivity contribution < 1.29 is 19.0 Å². The lowest BCUT2D eigenvalue weighted by atomic mass is 10.0. The summed E-state index contributed by atoms with van der Waals surface area (Å²) >= 11 is 1.60. The molecule has 0 fully saturated rings. The zero-order valence-corrected chi connectivity index (χ0v) is 20.6. The van der Waals surface area contributed by atoms with Crippen LogP contribution in [0.15, 0.2) is 65.6 Å². The van der Waals surface area contributed by atoms with Gasteiger partial charge < -0.3 is 19.5 Å². The van der Waals surface area contributed by atoms with E-state index in [1.54, 1.807) is 11.8 Å². The average Bonchev–Trinajstić information content (AvgIpc) is 3.34. The van der Waals surface area contributed by atoms with Crippen LogP contribution < -0.4 is 19.5 Å². The van der Waals surface area contributed by atoms with Crippen molar-refractivity contribution >= 4 is 23.4 Å². The van der Waals surface area contributed by atoms with Gasteiger partial charge in [0, 0.05) is 17.0 Å². The second kappa shape index (κ2) is 11.3. The molecule has 178 valence electrons. The topological polar surface area (TPSA) is 60.0 Å². The molecule has 34 heavy (non-hydrogen) atoms. The lowest BCUT2D eigenvalue weighted by Gasteiger charge is -2.21. The molecular formula is C27H30N2O4S. The number of thioether (sulfide) groups is 1. The van der Waals surface area contributed by atoms with Gasteiger partial charge in [-0.15, -0.1) is 11.8 Å². The Labute approximate surface area is 205 Å². The van der Waals surface area contributed by atoms with E-state index in [1.165, 1.54) is 0 Å². The molecule has 1 amide bonds. The SMILES string of the molecule is CCN(CC)Cc1cc(-c2ccc3c(c2)OCO3)ccc1OCC(=O)Nc1ccccc1SC. The fourth-order valence-corrected chi connectivity index (χ4v) is 4.42. The van der Waals surface area contributed by atoms with E-state index in [9.17, 15) is 4.79 Å². The van der Waals surface area contributed by atoms with Crippen molar-refractivity contribution in [2.75, 3.05) is 38.1 Å². The van der Waals surface area contributed by atoms with E-state index in [4.69, 9.17) is 14.2 Å². The van der Waals surface area contributed by atoms with Crippen LogP contribution in [0.3, 0.4) is 0 Å². The Hall–Kier alpha value is -3.16. The first-order valence-electron chi connectivity index (χ1n) is 11.4. The molecular weight excluding hydrogens is 448 g/mol. The fourth-order valence-electron chi connectivity index (χ4n) is 3.87. The van der Waals surface area contributed by atoms with E-state index >= 15 is 0 Å². The van der Waals surface area contributed by atoms with E-state index in [0.717, 1.165) is 58.4 Å². The zero-order chi connectivity index (χ0) is 23.9. The molecule has 1 aliphatic rings. The van der Waals surface area contributed by atoms with Gasteiger partial charge in [0.2, 0.25) is 6.79 Å². The standard InChI is InChI=1S/C27H30N2O4S/c1-4-29(5-2)16-21-14-19(20-11-13-24-25(15-20)33-18-32-24)10-12-23(21)31-17-27(30)28-22-8-6-7-9-26(22)34-3/h6-15H,4-5,16-18H2,1-3H3,(H,28,30). The summed E-state index contributed by atoms with van der Waals surface area (Å²) in [6.07, 6.45) is 1.99. The maximum atomic E-state index is 12.6. The molecule has 3 aromatic carbocycles. The van der Waals surface area contributed by atoms with Gasteiger partial charge in [-0.2, -0.15) is 0 Å². The van der Waals surface area contributed by atoms with Crippen LogP contribution in [-0.4, -0.2) is 43.6 Å². The Morgan fingerprint density at radius 2 is 1.74 bits per heavy atom. The Morgan fingerprint density at radius 3 is 2.53 bits per heavy atom. The Morgan fingerprint density at radius 1 is 1.00 bits per heavy atom. The molecule has 0 radical (unpaired) electrons. The van der Waals surface area contributed by atoms with Gasteiger partial charge in [0.25, 0.3) is 5.91 Å². The lowest BCUT2D eigenvalue weighted by Crippen LogP contribution is -2.24. The van der Waals surface area contributed by atoms with Gasteiger partial charge in [-0.1, -0.05) is 38.1 Å². The number of ether oxygens (including phenoxy) is 3. The molecule has 0 spiro atoms. The Kier molecular flexibility index (Phi) is 7.98. The second-order valence-corrected chi connectivity index (χ2v) is 8.74. The molecule has 1 N–H and O–H groups in total. The Balaban J connectivity index is 1.53. The molecule has 0 saturated heterocycles. The average molecular weight is 479 g/mol. The number of benzene rings is 3. The van der Waals surface area contributed by atoms with Crippen molar-refractivity contribution in [3.05, 3.63) is 66.2 Å². The second-order valence-electron chi connectivity index (χ2n) is 7.89. The minimum Gasteiger partial charge on any atom is -0.483 e. The van der Waals surface area contributed by atoms with Crippen LogP contribution in [0.4, 0.5) is 5.69 Å². The predicted octanol–water partition coefficient (Wildman–Crippen LogP) is 5.66. The molecule has 6 nitrogen and oxygen atoms in total. The first kappa shape index (κ1) is 24.0. The summed E-state index contributed by atoms with van der Waals surface area (Å²) < 4.78 is 17.0. The number of amides is 1. The molecule has 0 bridgehead atoms. The van der Waals surface area contributed by atoms with Gasteiger partial charge in [0.15, 0.2) is 18.1 Å². The summed E-state index contributed by atoms with van der Waals surface area (Å²) in [7, 11) is 0. The zero-order valence-electron chi connectivity index (χ0n) is 19.8. The fraction of sp³-hybridized carbons (Fsp3) is 0.296. The quantitative estimate of drug-likeness (QED) is 0.379. The van der Waals surface area contributed by atoms with Crippen molar-refractivity contribution in [1.29, 1.82) is 0 Å². The normalized spacial score (nSPS) is 12.1. The van der Waals surface area contributed by atoms with Crippen LogP contribution in [0.25, 0.3) is 11.1 Å². The maximum Gasteiger partial charge on any atom is 0.262 e. The van der Waals surface area contributed by atoms with E-state index in [1.807, 2.05) is 60.9 Å². The van der Waals surface area contributed by atoms with Gasteiger partial charge in [-0.25, -0.2) is 0 Å². The molecule has 0 unspecified atom stereocenters. The summed E-state index contributed by atoms with van der Waals surface area (Å²) in [4.78, 5) is 16.0.